The van der Waals surface area contributed by atoms with E-state index in [4.69, 9.17) is 9.11 Å². The third-order valence-corrected chi connectivity index (χ3v) is 5.91. The summed E-state index contributed by atoms with van der Waals surface area (Å²) in [6.45, 7) is 2.33. The second-order valence-corrected chi connectivity index (χ2v) is 9.01. The Bertz CT molecular complexity index is 743. The van der Waals surface area contributed by atoms with Crippen molar-refractivity contribution in [2.24, 2.45) is 0 Å². The fourth-order valence-corrected chi connectivity index (χ4v) is 4.44. The highest BCUT2D eigenvalue weighted by Crippen LogP contribution is 2.44. The second-order valence-electron chi connectivity index (χ2n) is 4.65. The fraction of sp³-hybridized carbons (Fsp3) is 0.455. The van der Waals surface area contributed by atoms with E-state index in [1.807, 2.05) is 11.8 Å². The third kappa shape index (κ3) is 4.10. The molecule has 0 radical (unpaired) electrons. The zero-order valence-corrected chi connectivity index (χ0v) is 13.6. The lowest BCUT2D eigenvalue weighted by Gasteiger charge is -2.23. The molecule has 118 valence electrons. The molecule has 1 unspecified atom stereocenters. The Morgan fingerprint density at radius 2 is 1.90 bits per heavy atom. The van der Waals surface area contributed by atoms with Gasteiger partial charge in [-0.05, 0) is 31.5 Å². The first-order valence-electron chi connectivity index (χ1n) is 6.08. The molecular formula is C11H15NO6S3. The molecule has 7 nitrogen and oxygen atoms in total. The molecule has 0 amide bonds. The molecule has 1 heterocycles. The van der Waals surface area contributed by atoms with Crippen LogP contribution < -0.4 is 4.90 Å². The third-order valence-electron chi connectivity index (χ3n) is 3.08. The van der Waals surface area contributed by atoms with Gasteiger partial charge >= 0.3 is 0 Å². The van der Waals surface area contributed by atoms with E-state index in [-0.39, 0.29) is 22.4 Å². The smallest absolute Gasteiger partial charge is 0.294 e. The van der Waals surface area contributed by atoms with Gasteiger partial charge < -0.3 is 4.90 Å². The van der Waals surface area contributed by atoms with E-state index < -0.39 is 20.2 Å². The van der Waals surface area contributed by atoms with Gasteiger partial charge in [-0.15, -0.1) is 0 Å². The lowest BCUT2D eigenvalue weighted by atomic mass is 10.2. The number of anilines is 1. The fourth-order valence-electron chi connectivity index (χ4n) is 2.15. The van der Waals surface area contributed by atoms with Gasteiger partial charge in [0.25, 0.3) is 20.2 Å². The second kappa shape index (κ2) is 5.76. The minimum atomic E-state index is -4.24. The van der Waals surface area contributed by atoms with E-state index in [0.717, 1.165) is 5.69 Å². The minimum absolute atomic E-state index is 0.0121. The van der Waals surface area contributed by atoms with E-state index in [2.05, 4.69) is 0 Å². The van der Waals surface area contributed by atoms with Crippen LogP contribution in [0.1, 0.15) is 13.3 Å². The average molecular weight is 353 g/mol. The maximum Gasteiger partial charge on any atom is 0.294 e. The van der Waals surface area contributed by atoms with Crippen LogP contribution in [0.3, 0.4) is 0 Å². The molecule has 0 saturated carbocycles. The quantitative estimate of drug-likeness (QED) is 0.765. The summed E-state index contributed by atoms with van der Waals surface area (Å²) in [4.78, 5) is 2.48. The Morgan fingerprint density at radius 3 is 2.48 bits per heavy atom. The number of rotatable bonds is 5. The van der Waals surface area contributed by atoms with Gasteiger partial charge in [-0.25, -0.2) is 0 Å². The molecule has 1 aliphatic rings. The molecule has 0 saturated heterocycles. The molecule has 10 heteroatoms. The van der Waals surface area contributed by atoms with Crippen LogP contribution in [0.2, 0.25) is 0 Å². The standard InChI is InChI=1S/C11H15NO6S3/c1-8-12(5-2-6-20(13,14)15)10-4-3-9(21(16,17)18)7-11(10)19-8/h3-4,7-8H,2,5-6H2,1H3,(H,13,14,15)(H,16,17,18). The molecule has 0 aliphatic carbocycles. The molecule has 1 atom stereocenters. The van der Waals surface area contributed by atoms with Gasteiger partial charge in [-0.3, -0.25) is 9.11 Å². The van der Waals surface area contributed by atoms with Crippen molar-refractivity contribution in [1.29, 1.82) is 0 Å². The van der Waals surface area contributed by atoms with Crippen molar-refractivity contribution in [2.45, 2.75) is 28.5 Å². The van der Waals surface area contributed by atoms with Crippen LogP contribution in [0.25, 0.3) is 0 Å². The van der Waals surface area contributed by atoms with E-state index in [1.165, 1.54) is 23.9 Å². The topological polar surface area (TPSA) is 112 Å². The zero-order chi connectivity index (χ0) is 15.8. The van der Waals surface area contributed by atoms with Gasteiger partial charge in [0.15, 0.2) is 0 Å². The first-order valence-corrected chi connectivity index (χ1v) is 10.0. The molecule has 2 rings (SSSR count). The normalized spacial score (nSPS) is 18.8. The van der Waals surface area contributed by atoms with Crippen LogP contribution >= 0.6 is 11.8 Å². The van der Waals surface area contributed by atoms with Crippen LogP contribution in [0, 0.1) is 0 Å². The summed E-state index contributed by atoms with van der Waals surface area (Å²) in [6, 6.07) is 4.29. The Hall–Kier alpha value is -0.810. The van der Waals surface area contributed by atoms with E-state index >= 15 is 0 Å². The van der Waals surface area contributed by atoms with Crippen molar-refractivity contribution >= 4 is 37.7 Å². The van der Waals surface area contributed by atoms with Crippen molar-refractivity contribution in [1.82, 2.24) is 0 Å². The van der Waals surface area contributed by atoms with Gasteiger partial charge in [-0.1, -0.05) is 11.8 Å². The number of hydrogen-bond acceptors (Lipinski definition) is 6. The zero-order valence-electron chi connectivity index (χ0n) is 11.1. The first-order chi connectivity index (χ1) is 9.58. The SMILES string of the molecule is CC1Sc2cc(S(=O)(=O)O)ccc2N1CCCS(=O)(=O)O. The van der Waals surface area contributed by atoms with Gasteiger partial charge in [0.2, 0.25) is 0 Å². The highest BCUT2D eigenvalue weighted by molar-refractivity contribution is 8.00. The monoisotopic (exact) mass is 353 g/mol. The Kier molecular flexibility index (Phi) is 4.54. The van der Waals surface area contributed by atoms with E-state index in [0.29, 0.717) is 11.4 Å². The Balaban J connectivity index is 2.18. The van der Waals surface area contributed by atoms with E-state index in [1.54, 1.807) is 6.07 Å². The maximum atomic E-state index is 11.1. The summed E-state index contributed by atoms with van der Waals surface area (Å²) >= 11 is 1.43. The van der Waals surface area contributed by atoms with Crippen molar-refractivity contribution in [3.63, 3.8) is 0 Å². The van der Waals surface area contributed by atoms with Gasteiger partial charge in [0.05, 0.1) is 21.7 Å². The summed E-state index contributed by atoms with van der Waals surface area (Å²) in [5.74, 6) is -0.320. The lowest BCUT2D eigenvalue weighted by molar-refractivity contribution is 0.479. The van der Waals surface area contributed by atoms with Crippen LogP contribution in [0.15, 0.2) is 28.0 Å². The molecule has 1 aromatic carbocycles. The lowest BCUT2D eigenvalue weighted by Crippen LogP contribution is -2.29. The van der Waals surface area contributed by atoms with Gasteiger partial charge in [0, 0.05) is 11.4 Å². The Morgan fingerprint density at radius 1 is 1.24 bits per heavy atom. The number of fused-ring (bicyclic) bond motifs is 1. The molecule has 2 N–H and O–H groups in total. The Labute approximate surface area is 127 Å². The molecule has 21 heavy (non-hydrogen) atoms. The summed E-state index contributed by atoms with van der Waals surface area (Å²) < 4.78 is 61.5. The predicted octanol–water partition coefficient (Wildman–Crippen LogP) is 1.47. The summed E-state index contributed by atoms with van der Waals surface area (Å²) in [6.07, 6.45) is 0.267. The molecule has 0 bridgehead atoms. The van der Waals surface area contributed by atoms with Crippen molar-refractivity contribution in [2.75, 3.05) is 17.2 Å². The minimum Gasteiger partial charge on any atom is -0.359 e. The van der Waals surface area contributed by atoms with Crippen molar-refractivity contribution < 1.29 is 25.9 Å². The summed E-state index contributed by atoms with van der Waals surface area (Å²) in [5, 5.41) is 0.0121. The molecular weight excluding hydrogens is 338 g/mol. The maximum absolute atomic E-state index is 11.1. The van der Waals surface area contributed by atoms with Crippen molar-refractivity contribution in [3.8, 4) is 0 Å². The van der Waals surface area contributed by atoms with Gasteiger partial charge in [0.1, 0.15) is 0 Å². The molecule has 0 aromatic heterocycles. The average Bonchev–Trinajstić information content (AvgIpc) is 2.62. The summed E-state index contributed by atoms with van der Waals surface area (Å²) in [7, 11) is -8.22. The largest absolute Gasteiger partial charge is 0.359 e. The van der Waals surface area contributed by atoms with Crippen LogP contribution in [-0.2, 0) is 20.2 Å². The molecule has 0 fully saturated rings. The molecule has 1 aromatic rings. The van der Waals surface area contributed by atoms with Crippen molar-refractivity contribution in [3.05, 3.63) is 18.2 Å². The highest BCUT2D eigenvalue weighted by Gasteiger charge is 2.28. The van der Waals surface area contributed by atoms with Crippen LogP contribution in [0.4, 0.5) is 5.69 Å². The van der Waals surface area contributed by atoms with Gasteiger partial charge in [-0.2, -0.15) is 16.8 Å². The summed E-state index contributed by atoms with van der Waals surface area (Å²) in [5.41, 5.74) is 0.787. The number of benzene rings is 1. The van der Waals surface area contributed by atoms with E-state index in [9.17, 15) is 16.8 Å². The predicted molar refractivity (Wildman–Crippen MR) is 80.0 cm³/mol. The molecule has 1 aliphatic heterocycles. The number of nitrogens with zero attached hydrogens (tertiary/aromatic N) is 1. The number of thioether (sulfide) groups is 1. The highest BCUT2D eigenvalue weighted by atomic mass is 32.2. The number of hydrogen-bond donors (Lipinski definition) is 2. The first kappa shape index (κ1) is 16.6. The van der Waals surface area contributed by atoms with Crippen LogP contribution in [0.5, 0.6) is 0 Å². The molecule has 0 spiro atoms. The van der Waals surface area contributed by atoms with Crippen LogP contribution in [-0.4, -0.2) is 43.6 Å².